The zero-order valence-corrected chi connectivity index (χ0v) is 25.7. The second kappa shape index (κ2) is 17.7. The number of hydrogen-bond acceptors (Lipinski definition) is 3. The van der Waals surface area contributed by atoms with Gasteiger partial charge >= 0.3 is 0 Å². The Labute approximate surface area is 241 Å². The van der Waals surface area contributed by atoms with Crippen LogP contribution in [0.2, 0.25) is 0 Å². The minimum absolute atomic E-state index is 0.180. The fraction of sp³-hybridized carbons (Fsp3) is 0.941. The molecule has 2 aliphatic carbocycles. The summed E-state index contributed by atoms with van der Waals surface area (Å²) >= 11 is 0. The van der Waals surface area contributed by atoms with E-state index in [-0.39, 0.29) is 23.4 Å². The Morgan fingerprint density at radius 3 is 1.67 bits per heavy atom. The quantitative estimate of drug-likeness (QED) is 0.151. The second-order valence-corrected chi connectivity index (χ2v) is 13.4. The Bertz CT molecular complexity index is 705. The first-order valence-electron chi connectivity index (χ1n) is 17.5. The molecule has 226 valence electrons. The Balaban J connectivity index is 1.26. The second-order valence-electron chi connectivity index (χ2n) is 13.4. The fourth-order valence-electron chi connectivity index (χ4n) is 7.95. The molecule has 0 radical (unpaired) electrons. The van der Waals surface area contributed by atoms with E-state index in [9.17, 15) is 9.59 Å². The normalized spacial score (nSPS) is 24.7. The molecule has 39 heavy (non-hydrogen) atoms. The topological polar surface area (TPSA) is 75.4 Å². The third-order valence-corrected chi connectivity index (χ3v) is 10.3. The maximum atomic E-state index is 13.9. The number of unbranched alkanes of at least 4 members (excludes halogenated alkanes) is 17. The van der Waals surface area contributed by atoms with E-state index in [1.165, 1.54) is 116 Å². The van der Waals surface area contributed by atoms with Crippen LogP contribution in [0.15, 0.2) is 0 Å². The molecular weight excluding hydrogens is 482 g/mol. The zero-order valence-electron chi connectivity index (χ0n) is 25.7. The van der Waals surface area contributed by atoms with Crippen molar-refractivity contribution in [2.24, 2.45) is 11.7 Å². The molecule has 3 aliphatic rings. The van der Waals surface area contributed by atoms with Crippen molar-refractivity contribution < 1.29 is 9.59 Å². The van der Waals surface area contributed by atoms with Crippen molar-refractivity contribution in [3.05, 3.63) is 0 Å². The number of rotatable bonds is 20. The van der Waals surface area contributed by atoms with E-state index in [0.29, 0.717) is 0 Å². The van der Waals surface area contributed by atoms with Crippen molar-refractivity contribution >= 4 is 11.8 Å². The molecule has 3 rings (SSSR count). The highest BCUT2D eigenvalue weighted by Gasteiger charge is 2.62. The summed E-state index contributed by atoms with van der Waals surface area (Å²) in [5, 5.41) is 3.84. The lowest BCUT2D eigenvalue weighted by Crippen LogP contribution is -2.61. The maximum absolute atomic E-state index is 13.9. The van der Waals surface area contributed by atoms with Crippen LogP contribution in [0.25, 0.3) is 0 Å². The van der Waals surface area contributed by atoms with E-state index >= 15 is 0 Å². The van der Waals surface area contributed by atoms with Crippen LogP contribution in [0.3, 0.4) is 0 Å². The SMILES string of the molecule is CCCCCCCCCCCCCCCCCCCCN1C(=O)C2(CCCCC2C(N)=O)NC12CCCCC2. The first kappa shape index (κ1) is 32.4. The van der Waals surface area contributed by atoms with Gasteiger partial charge in [0.1, 0.15) is 5.54 Å². The van der Waals surface area contributed by atoms with Gasteiger partial charge in [0.2, 0.25) is 11.8 Å². The minimum Gasteiger partial charge on any atom is -0.369 e. The molecule has 2 atom stereocenters. The number of nitrogens with one attached hydrogen (secondary N) is 1. The van der Waals surface area contributed by atoms with Gasteiger partial charge < -0.3 is 10.6 Å². The average molecular weight is 546 g/mol. The summed E-state index contributed by atoms with van der Waals surface area (Å²) in [6.07, 6.45) is 33.8. The van der Waals surface area contributed by atoms with Crippen molar-refractivity contribution in [1.29, 1.82) is 0 Å². The van der Waals surface area contributed by atoms with Crippen LogP contribution in [0.5, 0.6) is 0 Å². The summed E-state index contributed by atoms with van der Waals surface area (Å²) in [5.74, 6) is -0.473. The minimum atomic E-state index is -0.740. The smallest absolute Gasteiger partial charge is 0.245 e. The number of carbonyl (C=O) groups is 2. The predicted octanol–water partition coefficient (Wildman–Crippen LogP) is 8.53. The predicted molar refractivity (Wildman–Crippen MR) is 163 cm³/mol. The van der Waals surface area contributed by atoms with E-state index in [1.807, 2.05) is 0 Å². The number of hydrogen-bond donors (Lipinski definition) is 2. The lowest BCUT2D eigenvalue weighted by Gasteiger charge is -2.43. The molecule has 2 unspecified atom stereocenters. The van der Waals surface area contributed by atoms with Crippen molar-refractivity contribution in [1.82, 2.24) is 10.2 Å². The molecule has 2 saturated carbocycles. The van der Waals surface area contributed by atoms with Gasteiger partial charge in [0.25, 0.3) is 0 Å². The van der Waals surface area contributed by atoms with Crippen LogP contribution in [-0.2, 0) is 9.59 Å². The molecule has 3 fully saturated rings. The fourth-order valence-corrected chi connectivity index (χ4v) is 7.95. The van der Waals surface area contributed by atoms with Crippen LogP contribution in [0.1, 0.15) is 180 Å². The first-order valence-corrected chi connectivity index (χ1v) is 17.5. The monoisotopic (exact) mass is 545 g/mol. The zero-order chi connectivity index (χ0) is 27.8. The lowest BCUT2D eigenvalue weighted by atomic mass is 9.72. The van der Waals surface area contributed by atoms with Crippen LogP contribution in [0, 0.1) is 5.92 Å². The number of nitrogens with two attached hydrogens (primary N) is 1. The Hall–Kier alpha value is -1.10. The standard InChI is InChI=1S/C34H63N3O2/c1-2-3-4-5-6-7-8-9-10-11-12-13-14-15-16-17-18-24-29-37-32(39)34(28-23-20-25-30(34)31(35)38)36-33(37)26-21-19-22-27-33/h30,36H,2-29H2,1H3,(H2,35,38). The van der Waals surface area contributed by atoms with E-state index in [1.54, 1.807) is 0 Å². The lowest BCUT2D eigenvalue weighted by molar-refractivity contribution is -0.141. The van der Waals surface area contributed by atoms with Crippen molar-refractivity contribution in [3.8, 4) is 0 Å². The molecular formula is C34H63N3O2. The van der Waals surface area contributed by atoms with E-state index in [4.69, 9.17) is 5.73 Å². The van der Waals surface area contributed by atoms with Crippen molar-refractivity contribution in [2.45, 2.75) is 191 Å². The average Bonchev–Trinajstić information content (AvgIpc) is 3.14. The Kier molecular flexibility index (Phi) is 14.7. The number of carbonyl (C=O) groups excluding carboxylic acids is 2. The van der Waals surface area contributed by atoms with E-state index in [2.05, 4.69) is 17.1 Å². The summed E-state index contributed by atoms with van der Waals surface area (Å²) in [6.45, 7) is 3.12. The van der Waals surface area contributed by atoms with Gasteiger partial charge in [-0.3, -0.25) is 14.9 Å². The van der Waals surface area contributed by atoms with Crippen LogP contribution >= 0.6 is 0 Å². The van der Waals surface area contributed by atoms with Gasteiger partial charge in [-0.2, -0.15) is 0 Å². The molecule has 0 aromatic rings. The molecule has 0 aromatic heterocycles. The maximum Gasteiger partial charge on any atom is 0.245 e. The molecule has 5 nitrogen and oxygen atoms in total. The number of primary amides is 1. The van der Waals surface area contributed by atoms with E-state index in [0.717, 1.165) is 64.3 Å². The highest BCUT2D eigenvalue weighted by molar-refractivity contribution is 5.96. The Morgan fingerprint density at radius 2 is 1.18 bits per heavy atom. The summed E-state index contributed by atoms with van der Waals surface area (Å²) in [6, 6.07) is 0. The molecule has 1 aliphatic heterocycles. The van der Waals surface area contributed by atoms with Gasteiger partial charge in [-0.1, -0.05) is 135 Å². The van der Waals surface area contributed by atoms with Gasteiger partial charge in [0, 0.05) is 6.54 Å². The van der Waals surface area contributed by atoms with E-state index < -0.39 is 5.54 Å². The van der Waals surface area contributed by atoms with Crippen LogP contribution < -0.4 is 11.1 Å². The molecule has 5 heteroatoms. The van der Waals surface area contributed by atoms with Gasteiger partial charge in [-0.05, 0) is 44.9 Å². The Morgan fingerprint density at radius 1 is 0.718 bits per heavy atom. The van der Waals surface area contributed by atoms with Gasteiger partial charge in [-0.15, -0.1) is 0 Å². The molecule has 1 heterocycles. The molecule has 0 bridgehead atoms. The highest BCUT2D eigenvalue weighted by Crippen LogP contribution is 2.47. The van der Waals surface area contributed by atoms with Gasteiger partial charge in [-0.25, -0.2) is 0 Å². The molecule has 1 saturated heterocycles. The van der Waals surface area contributed by atoms with Crippen molar-refractivity contribution in [3.63, 3.8) is 0 Å². The largest absolute Gasteiger partial charge is 0.369 e. The van der Waals surface area contributed by atoms with Crippen molar-refractivity contribution in [2.75, 3.05) is 6.54 Å². The molecule has 2 amide bonds. The third kappa shape index (κ3) is 9.47. The van der Waals surface area contributed by atoms with Crippen LogP contribution in [0.4, 0.5) is 0 Å². The third-order valence-electron chi connectivity index (χ3n) is 10.3. The molecule has 3 N–H and O–H groups in total. The number of nitrogens with zero attached hydrogens (tertiary/aromatic N) is 1. The molecule has 0 aromatic carbocycles. The number of amides is 2. The summed E-state index contributed by atoms with van der Waals surface area (Å²) in [7, 11) is 0. The summed E-state index contributed by atoms with van der Waals surface area (Å²) in [5.41, 5.74) is 4.86. The summed E-state index contributed by atoms with van der Waals surface area (Å²) in [4.78, 5) is 28.5. The van der Waals surface area contributed by atoms with Crippen LogP contribution in [-0.4, -0.2) is 34.5 Å². The highest BCUT2D eigenvalue weighted by atomic mass is 16.2. The van der Waals surface area contributed by atoms with Gasteiger partial charge in [0.15, 0.2) is 0 Å². The van der Waals surface area contributed by atoms with Gasteiger partial charge in [0.05, 0.1) is 11.6 Å². The first-order chi connectivity index (χ1) is 19.1. The summed E-state index contributed by atoms with van der Waals surface area (Å²) < 4.78 is 0. The molecule has 2 spiro atoms.